The van der Waals surface area contributed by atoms with Gasteiger partial charge in [-0.25, -0.2) is 4.39 Å². The van der Waals surface area contributed by atoms with Crippen molar-refractivity contribution in [2.75, 3.05) is 16.9 Å². The van der Waals surface area contributed by atoms with Gasteiger partial charge in [0.2, 0.25) is 5.91 Å². The molecule has 1 atom stereocenters. The Kier molecular flexibility index (Phi) is 4.85. The van der Waals surface area contributed by atoms with Crippen molar-refractivity contribution in [1.82, 2.24) is 4.90 Å². The minimum atomic E-state index is -0.609. The number of benzene rings is 2. The number of hydrogen-bond donors (Lipinski definition) is 1. The topological polar surface area (TPSA) is 49.4 Å². The Morgan fingerprint density at radius 1 is 1.21 bits per heavy atom. The van der Waals surface area contributed by atoms with E-state index in [4.69, 9.17) is 0 Å². The molecular weight excluding hydrogens is 327 g/mol. The van der Waals surface area contributed by atoms with Crippen LogP contribution in [-0.2, 0) is 4.79 Å². The number of thioether (sulfide) groups is 1. The van der Waals surface area contributed by atoms with Crippen LogP contribution < -0.4 is 5.32 Å². The summed E-state index contributed by atoms with van der Waals surface area (Å²) in [6.07, 6.45) is 0. The van der Waals surface area contributed by atoms with Gasteiger partial charge in [-0.05, 0) is 36.8 Å². The lowest BCUT2D eigenvalue weighted by Crippen LogP contribution is -2.44. The maximum Gasteiger partial charge on any atom is 0.255 e. The highest BCUT2D eigenvalue weighted by atomic mass is 32.2. The fourth-order valence-corrected chi connectivity index (χ4v) is 3.71. The van der Waals surface area contributed by atoms with E-state index in [1.807, 2.05) is 13.0 Å². The maximum absolute atomic E-state index is 13.8. The summed E-state index contributed by atoms with van der Waals surface area (Å²) >= 11 is 1.51. The van der Waals surface area contributed by atoms with Crippen LogP contribution in [0.5, 0.6) is 0 Å². The van der Waals surface area contributed by atoms with E-state index in [9.17, 15) is 14.0 Å². The van der Waals surface area contributed by atoms with Gasteiger partial charge in [0.05, 0.1) is 11.6 Å². The van der Waals surface area contributed by atoms with Crippen molar-refractivity contribution < 1.29 is 14.0 Å². The minimum Gasteiger partial charge on any atom is -0.322 e. The number of carbonyl (C=O) groups excluding carboxylic acids is 2. The first-order chi connectivity index (χ1) is 11.6. The first-order valence-corrected chi connectivity index (χ1v) is 8.72. The largest absolute Gasteiger partial charge is 0.322 e. The Hall–Kier alpha value is -2.34. The van der Waals surface area contributed by atoms with E-state index in [-0.39, 0.29) is 17.5 Å². The molecule has 24 heavy (non-hydrogen) atoms. The summed E-state index contributed by atoms with van der Waals surface area (Å²) in [5, 5.41) is 2.61. The SMILES string of the molecule is Cc1ccc(F)c(NC(=O)C2CSCN2C(=O)c2ccccc2)c1. The number of aryl methyl sites for hydroxylation is 1. The zero-order valence-electron chi connectivity index (χ0n) is 13.2. The average Bonchev–Trinajstić information content (AvgIpc) is 3.08. The molecule has 1 saturated heterocycles. The Labute approximate surface area is 144 Å². The maximum atomic E-state index is 13.8. The van der Waals surface area contributed by atoms with E-state index in [1.165, 1.54) is 22.7 Å². The van der Waals surface area contributed by atoms with Gasteiger partial charge < -0.3 is 10.2 Å². The van der Waals surface area contributed by atoms with Crippen molar-refractivity contribution in [2.45, 2.75) is 13.0 Å². The Morgan fingerprint density at radius 2 is 1.96 bits per heavy atom. The van der Waals surface area contributed by atoms with Gasteiger partial charge in [-0.15, -0.1) is 11.8 Å². The second-order valence-corrected chi connectivity index (χ2v) is 6.63. The molecule has 2 aromatic carbocycles. The first kappa shape index (κ1) is 16.5. The van der Waals surface area contributed by atoms with Crippen LogP contribution in [0.4, 0.5) is 10.1 Å². The Bertz CT molecular complexity index is 767. The highest BCUT2D eigenvalue weighted by Crippen LogP contribution is 2.25. The number of nitrogens with one attached hydrogen (secondary N) is 1. The molecular formula is C18H17FN2O2S. The molecule has 1 fully saturated rings. The van der Waals surface area contributed by atoms with Crippen LogP contribution in [0.25, 0.3) is 0 Å². The van der Waals surface area contributed by atoms with Gasteiger partial charge in [0.25, 0.3) is 5.91 Å². The van der Waals surface area contributed by atoms with Crippen LogP contribution in [0.2, 0.25) is 0 Å². The molecule has 1 aliphatic rings. The van der Waals surface area contributed by atoms with E-state index in [0.717, 1.165) is 5.56 Å². The van der Waals surface area contributed by atoms with Crippen molar-refractivity contribution >= 4 is 29.3 Å². The zero-order valence-corrected chi connectivity index (χ0v) is 14.0. The molecule has 0 aliphatic carbocycles. The molecule has 1 N–H and O–H groups in total. The zero-order chi connectivity index (χ0) is 17.1. The molecule has 1 unspecified atom stereocenters. The van der Waals surface area contributed by atoms with Crippen molar-refractivity contribution in [3.05, 3.63) is 65.5 Å². The van der Waals surface area contributed by atoms with Crippen LogP contribution in [-0.4, -0.2) is 34.4 Å². The highest BCUT2D eigenvalue weighted by molar-refractivity contribution is 7.99. The van der Waals surface area contributed by atoms with Gasteiger partial charge >= 0.3 is 0 Å². The summed E-state index contributed by atoms with van der Waals surface area (Å²) < 4.78 is 13.8. The van der Waals surface area contributed by atoms with E-state index in [0.29, 0.717) is 17.2 Å². The number of amides is 2. The second-order valence-electron chi connectivity index (χ2n) is 5.63. The summed E-state index contributed by atoms with van der Waals surface area (Å²) in [5.41, 5.74) is 1.54. The van der Waals surface area contributed by atoms with Crippen LogP contribution in [0.1, 0.15) is 15.9 Å². The van der Waals surface area contributed by atoms with E-state index in [1.54, 1.807) is 36.4 Å². The molecule has 1 aliphatic heterocycles. The lowest BCUT2D eigenvalue weighted by molar-refractivity contribution is -0.119. The Morgan fingerprint density at radius 3 is 2.71 bits per heavy atom. The third-order valence-corrected chi connectivity index (χ3v) is 4.86. The Balaban J connectivity index is 1.76. The fraction of sp³-hybridized carbons (Fsp3) is 0.222. The molecule has 0 saturated carbocycles. The summed E-state index contributed by atoms with van der Waals surface area (Å²) in [7, 11) is 0. The van der Waals surface area contributed by atoms with E-state index >= 15 is 0 Å². The second kappa shape index (κ2) is 7.05. The summed E-state index contributed by atoms with van der Waals surface area (Å²) in [6, 6.07) is 12.8. The number of carbonyl (C=O) groups is 2. The smallest absolute Gasteiger partial charge is 0.255 e. The van der Waals surface area contributed by atoms with Gasteiger partial charge in [0.15, 0.2) is 0 Å². The average molecular weight is 344 g/mol. The van der Waals surface area contributed by atoms with Crippen LogP contribution in [0, 0.1) is 12.7 Å². The van der Waals surface area contributed by atoms with E-state index in [2.05, 4.69) is 5.32 Å². The molecule has 0 aromatic heterocycles. The van der Waals surface area contributed by atoms with Crippen molar-refractivity contribution in [1.29, 1.82) is 0 Å². The van der Waals surface area contributed by atoms with Crippen LogP contribution >= 0.6 is 11.8 Å². The first-order valence-electron chi connectivity index (χ1n) is 7.57. The number of anilines is 1. The standard InChI is InChI=1S/C18H17FN2O2S/c1-12-7-8-14(19)15(9-12)20-17(22)16-10-24-11-21(16)18(23)13-5-3-2-4-6-13/h2-9,16H,10-11H2,1H3,(H,20,22). The molecule has 1 heterocycles. The number of rotatable bonds is 3. The third kappa shape index (κ3) is 3.43. The van der Waals surface area contributed by atoms with Gasteiger partial charge in [0.1, 0.15) is 11.9 Å². The molecule has 4 nitrogen and oxygen atoms in total. The number of nitrogens with zero attached hydrogens (tertiary/aromatic N) is 1. The monoisotopic (exact) mass is 344 g/mol. The minimum absolute atomic E-state index is 0.143. The highest BCUT2D eigenvalue weighted by Gasteiger charge is 2.35. The van der Waals surface area contributed by atoms with Crippen LogP contribution in [0.15, 0.2) is 48.5 Å². The van der Waals surface area contributed by atoms with Crippen LogP contribution in [0.3, 0.4) is 0 Å². The molecule has 2 amide bonds. The molecule has 6 heteroatoms. The predicted octanol–water partition coefficient (Wildman–Crippen LogP) is 3.29. The predicted molar refractivity (Wildman–Crippen MR) is 93.5 cm³/mol. The molecule has 0 bridgehead atoms. The molecule has 0 radical (unpaired) electrons. The van der Waals surface area contributed by atoms with Gasteiger partial charge in [-0.2, -0.15) is 0 Å². The van der Waals surface area contributed by atoms with Gasteiger partial charge in [-0.1, -0.05) is 24.3 Å². The fourth-order valence-electron chi connectivity index (χ4n) is 2.56. The quantitative estimate of drug-likeness (QED) is 0.929. The molecule has 124 valence electrons. The summed E-state index contributed by atoms with van der Waals surface area (Å²) in [4.78, 5) is 26.7. The summed E-state index contributed by atoms with van der Waals surface area (Å²) in [6.45, 7) is 1.83. The number of halogens is 1. The third-order valence-electron chi connectivity index (χ3n) is 3.85. The van der Waals surface area contributed by atoms with Gasteiger partial charge in [-0.3, -0.25) is 9.59 Å². The lowest BCUT2D eigenvalue weighted by atomic mass is 10.1. The lowest BCUT2D eigenvalue weighted by Gasteiger charge is -2.23. The number of hydrogen-bond acceptors (Lipinski definition) is 3. The van der Waals surface area contributed by atoms with Crippen molar-refractivity contribution in [3.63, 3.8) is 0 Å². The molecule has 2 aromatic rings. The van der Waals surface area contributed by atoms with Gasteiger partial charge in [0, 0.05) is 11.3 Å². The van der Waals surface area contributed by atoms with Crippen molar-refractivity contribution in [2.24, 2.45) is 0 Å². The molecule has 3 rings (SSSR count). The summed E-state index contributed by atoms with van der Waals surface area (Å²) in [5.74, 6) is -0.0975. The normalized spacial score (nSPS) is 16.9. The van der Waals surface area contributed by atoms with Crippen molar-refractivity contribution in [3.8, 4) is 0 Å². The molecule has 0 spiro atoms. The van der Waals surface area contributed by atoms with E-state index < -0.39 is 11.9 Å².